The maximum atomic E-state index is 9.57. The lowest BCUT2D eigenvalue weighted by atomic mass is 10.2. The van der Waals surface area contributed by atoms with Gasteiger partial charge < -0.3 is 0 Å². The van der Waals surface area contributed by atoms with E-state index in [1.807, 2.05) is 0 Å². The van der Waals surface area contributed by atoms with Crippen LogP contribution in [0, 0.1) is 12.5 Å². The molecule has 0 saturated carbocycles. The molecule has 0 aliphatic heterocycles. The van der Waals surface area contributed by atoms with Gasteiger partial charge in [0.15, 0.2) is 0 Å². The van der Waals surface area contributed by atoms with E-state index in [-0.39, 0.29) is 5.92 Å². The summed E-state index contributed by atoms with van der Waals surface area (Å²) in [5.41, 5.74) is 0. The lowest BCUT2D eigenvalue weighted by Crippen LogP contribution is -1.97. The minimum Gasteiger partial charge on any atom is -0.211 e. The predicted molar refractivity (Wildman–Crippen MR) is 34.6 cm³/mol. The maximum absolute atomic E-state index is 9.57. The summed E-state index contributed by atoms with van der Waals surface area (Å²) in [6, 6.07) is 0. The molecule has 1 unspecified atom stereocenters. The van der Waals surface area contributed by atoms with E-state index in [0.29, 0.717) is 6.54 Å². The molecule has 0 aromatic carbocycles. The van der Waals surface area contributed by atoms with Crippen molar-refractivity contribution in [1.29, 1.82) is 0 Å². The van der Waals surface area contributed by atoms with Crippen molar-refractivity contribution in [2.24, 2.45) is 15.9 Å². The molecule has 0 aliphatic carbocycles. The standard InChI is InChI=1S/C6H7N2O2/c1-6(2-7-4-9)3-8-5-10/h2,6H,3H2,1H3. The molecule has 4 nitrogen and oxygen atoms in total. The summed E-state index contributed by atoms with van der Waals surface area (Å²) < 4.78 is 0. The first-order chi connectivity index (χ1) is 4.81. The van der Waals surface area contributed by atoms with Crippen LogP contribution in [-0.4, -0.2) is 18.7 Å². The van der Waals surface area contributed by atoms with Crippen LogP contribution in [0.15, 0.2) is 9.98 Å². The highest BCUT2D eigenvalue weighted by Crippen LogP contribution is 1.99. The van der Waals surface area contributed by atoms with E-state index in [9.17, 15) is 9.59 Å². The first-order valence-electron chi connectivity index (χ1n) is 2.75. The molecule has 0 rings (SSSR count). The quantitative estimate of drug-likeness (QED) is 0.419. The van der Waals surface area contributed by atoms with Crippen molar-refractivity contribution in [2.75, 3.05) is 6.54 Å². The summed E-state index contributed by atoms with van der Waals surface area (Å²) in [5.74, 6) is -0.0112. The molecular formula is C6H7N2O2. The minimum atomic E-state index is -0.0112. The molecule has 0 heterocycles. The highest BCUT2D eigenvalue weighted by atomic mass is 16.1. The third kappa shape index (κ3) is 4.91. The third-order valence-electron chi connectivity index (χ3n) is 0.826. The average Bonchev–Trinajstić information content (AvgIpc) is 1.97. The Kier molecular flexibility index (Phi) is 5.16. The first kappa shape index (κ1) is 8.76. The maximum Gasteiger partial charge on any atom is 0.235 e. The van der Waals surface area contributed by atoms with Crippen LogP contribution in [0.1, 0.15) is 6.92 Å². The zero-order valence-corrected chi connectivity index (χ0v) is 5.57. The van der Waals surface area contributed by atoms with Crippen molar-refractivity contribution in [3.8, 4) is 0 Å². The molecule has 1 radical (unpaired) electrons. The van der Waals surface area contributed by atoms with Gasteiger partial charge in [0, 0.05) is 5.92 Å². The number of hydrogen-bond donors (Lipinski definition) is 0. The topological polar surface area (TPSA) is 58.9 Å². The van der Waals surface area contributed by atoms with Crippen molar-refractivity contribution in [2.45, 2.75) is 6.92 Å². The van der Waals surface area contributed by atoms with Gasteiger partial charge in [0.05, 0.1) is 13.1 Å². The van der Waals surface area contributed by atoms with Gasteiger partial charge in [-0.15, -0.1) is 0 Å². The summed E-state index contributed by atoms with van der Waals surface area (Å²) in [7, 11) is 0. The van der Waals surface area contributed by atoms with Gasteiger partial charge in [0.1, 0.15) is 0 Å². The van der Waals surface area contributed by atoms with Crippen LogP contribution in [0.2, 0.25) is 0 Å². The van der Waals surface area contributed by atoms with E-state index in [1.165, 1.54) is 18.7 Å². The van der Waals surface area contributed by atoms with Gasteiger partial charge >= 0.3 is 0 Å². The molecule has 4 heteroatoms. The number of isocyanates is 2. The molecule has 10 heavy (non-hydrogen) atoms. The second-order valence-corrected chi connectivity index (χ2v) is 1.78. The van der Waals surface area contributed by atoms with E-state index in [1.54, 1.807) is 6.92 Å². The monoisotopic (exact) mass is 139 g/mol. The Morgan fingerprint density at radius 1 is 1.50 bits per heavy atom. The number of aliphatic imine (C=N–C) groups is 2. The van der Waals surface area contributed by atoms with Gasteiger partial charge in [0.2, 0.25) is 12.2 Å². The molecule has 1 atom stereocenters. The van der Waals surface area contributed by atoms with Crippen molar-refractivity contribution < 1.29 is 9.59 Å². The smallest absolute Gasteiger partial charge is 0.211 e. The molecule has 0 aromatic heterocycles. The Hall–Kier alpha value is -1.24. The summed E-state index contributed by atoms with van der Waals surface area (Å²) in [4.78, 5) is 25.6. The zero-order valence-electron chi connectivity index (χ0n) is 5.57. The third-order valence-corrected chi connectivity index (χ3v) is 0.826. The summed E-state index contributed by atoms with van der Waals surface area (Å²) in [6.45, 7) is 3.48. The van der Waals surface area contributed by atoms with Crippen molar-refractivity contribution in [3.63, 3.8) is 0 Å². The Bertz CT molecular complexity index is 158. The normalized spacial score (nSPS) is 10.9. The lowest BCUT2D eigenvalue weighted by Gasteiger charge is -1.97. The molecule has 53 valence electrons. The van der Waals surface area contributed by atoms with Crippen molar-refractivity contribution in [1.82, 2.24) is 0 Å². The fourth-order valence-corrected chi connectivity index (χ4v) is 0.386. The first-order valence-corrected chi connectivity index (χ1v) is 2.75. The van der Waals surface area contributed by atoms with Crippen LogP contribution < -0.4 is 0 Å². The van der Waals surface area contributed by atoms with Crippen LogP contribution >= 0.6 is 0 Å². The Balaban J connectivity index is 3.52. The Labute approximate surface area is 58.7 Å². The Morgan fingerprint density at radius 3 is 2.70 bits per heavy atom. The molecule has 0 bridgehead atoms. The van der Waals surface area contributed by atoms with Gasteiger partial charge in [-0.3, -0.25) is 0 Å². The van der Waals surface area contributed by atoms with Crippen LogP contribution in [-0.2, 0) is 9.59 Å². The van der Waals surface area contributed by atoms with Crippen LogP contribution in [0.25, 0.3) is 0 Å². The van der Waals surface area contributed by atoms with E-state index < -0.39 is 0 Å². The largest absolute Gasteiger partial charge is 0.235 e. The van der Waals surface area contributed by atoms with E-state index >= 15 is 0 Å². The van der Waals surface area contributed by atoms with E-state index in [4.69, 9.17) is 0 Å². The second-order valence-electron chi connectivity index (χ2n) is 1.78. The SMILES string of the molecule is CC([CH]N=C=O)CN=C=O. The number of hydrogen-bond acceptors (Lipinski definition) is 4. The van der Waals surface area contributed by atoms with E-state index in [0.717, 1.165) is 0 Å². The van der Waals surface area contributed by atoms with Gasteiger partial charge in [-0.2, -0.15) is 4.99 Å². The van der Waals surface area contributed by atoms with Crippen LogP contribution in [0.4, 0.5) is 0 Å². The van der Waals surface area contributed by atoms with Gasteiger partial charge in [-0.25, -0.2) is 14.6 Å². The van der Waals surface area contributed by atoms with Gasteiger partial charge in [-0.1, -0.05) is 6.92 Å². The summed E-state index contributed by atoms with van der Waals surface area (Å²) >= 11 is 0. The van der Waals surface area contributed by atoms with Crippen molar-refractivity contribution in [3.05, 3.63) is 6.54 Å². The van der Waals surface area contributed by atoms with Crippen LogP contribution in [0.3, 0.4) is 0 Å². The summed E-state index contributed by atoms with van der Waals surface area (Å²) in [5, 5.41) is 0. The van der Waals surface area contributed by atoms with Gasteiger partial charge in [0.25, 0.3) is 0 Å². The zero-order chi connectivity index (χ0) is 7.82. The molecule has 0 amide bonds. The average molecular weight is 139 g/mol. The highest BCUT2D eigenvalue weighted by Gasteiger charge is 1.97. The number of rotatable bonds is 4. The fourth-order valence-electron chi connectivity index (χ4n) is 0.386. The molecule has 0 aliphatic rings. The second kappa shape index (κ2) is 5.89. The molecule has 0 fully saturated rings. The molecule has 0 spiro atoms. The molecule has 0 aromatic rings. The molecular weight excluding hydrogens is 132 g/mol. The Morgan fingerprint density at radius 2 is 2.20 bits per heavy atom. The lowest BCUT2D eigenvalue weighted by molar-refractivity contribution is 0.557. The highest BCUT2D eigenvalue weighted by molar-refractivity contribution is 5.34. The fraction of sp³-hybridized carbons (Fsp3) is 0.500. The number of carbonyl (C=O) groups excluding carboxylic acids is 2. The minimum absolute atomic E-state index is 0.0112. The van der Waals surface area contributed by atoms with Gasteiger partial charge in [-0.05, 0) is 0 Å². The molecule has 0 N–H and O–H groups in total. The predicted octanol–water partition coefficient (Wildman–Crippen LogP) is 0.456. The summed E-state index contributed by atoms with van der Waals surface area (Å²) in [6.07, 6.45) is 2.74. The van der Waals surface area contributed by atoms with Crippen molar-refractivity contribution >= 4 is 12.2 Å². The molecule has 0 saturated heterocycles. The number of nitrogens with zero attached hydrogens (tertiary/aromatic N) is 2. The van der Waals surface area contributed by atoms with Crippen LogP contribution in [0.5, 0.6) is 0 Å². The van der Waals surface area contributed by atoms with E-state index in [2.05, 4.69) is 9.98 Å².